The zero-order valence-electron chi connectivity index (χ0n) is 15.2. The van der Waals surface area contributed by atoms with Crippen LogP contribution in [0.3, 0.4) is 0 Å². The third-order valence-electron chi connectivity index (χ3n) is 4.34. The van der Waals surface area contributed by atoms with Gasteiger partial charge in [0.1, 0.15) is 0 Å². The molecule has 148 valence electrons. The van der Waals surface area contributed by atoms with Gasteiger partial charge in [0, 0.05) is 22.2 Å². The minimum absolute atomic E-state index is 0.0398. The van der Waals surface area contributed by atoms with Gasteiger partial charge in [-0.25, -0.2) is 4.79 Å². The molecule has 0 saturated carbocycles. The van der Waals surface area contributed by atoms with E-state index in [0.29, 0.717) is 18.6 Å². The number of halogens is 6. The van der Waals surface area contributed by atoms with Crippen molar-refractivity contribution in [3.8, 4) is 0 Å². The molecule has 0 rings (SSSR count). The van der Waals surface area contributed by atoms with Gasteiger partial charge in [0.05, 0.1) is 13.1 Å². The van der Waals surface area contributed by atoms with Crippen LogP contribution in [0.25, 0.3) is 0 Å². The lowest BCUT2D eigenvalue weighted by Gasteiger charge is -2.52. The summed E-state index contributed by atoms with van der Waals surface area (Å²) in [6.45, 7) is 14.3. The number of hydrogen-bond donors (Lipinski definition) is 0. The summed E-state index contributed by atoms with van der Waals surface area (Å²) in [6, 6.07) is 0. The van der Waals surface area contributed by atoms with Gasteiger partial charge in [-0.2, -0.15) is 0 Å². The molecule has 0 heterocycles. The van der Waals surface area contributed by atoms with Crippen molar-refractivity contribution in [2.24, 2.45) is 16.7 Å². The van der Waals surface area contributed by atoms with Gasteiger partial charge in [0.2, 0.25) is 0 Å². The first kappa shape index (κ1) is 27.1. The third-order valence-corrected chi connectivity index (χ3v) is 13.6. The normalized spacial score (nSPS) is 13.9. The maximum absolute atomic E-state index is 11.7. The Hall–Kier alpha value is 2.09. The van der Waals surface area contributed by atoms with E-state index in [1.54, 1.807) is 6.92 Å². The first-order valence-corrected chi connectivity index (χ1v) is 13.2. The molecule has 0 unspecified atom stereocenters. The Balaban J connectivity index is 5.76. The van der Waals surface area contributed by atoms with Crippen LogP contribution in [0.4, 0.5) is 0 Å². The molecule has 0 aliphatic heterocycles. The standard InChI is InChI=1S/C17H26Br6O2/c1-11(2)13(24)25-8-7-12(16(20,21)14(3,4)9-18)17(22,23)15(5,6)10-19/h12H,1,7-10H2,2-6H3. The molecular weight excluding hydrogens is 716 g/mol. The highest BCUT2D eigenvalue weighted by atomic mass is 79.9. The molecule has 0 spiro atoms. The Labute approximate surface area is 202 Å². The molecule has 0 N–H and O–H groups in total. The lowest BCUT2D eigenvalue weighted by Crippen LogP contribution is -2.53. The number of alkyl halides is 6. The lowest BCUT2D eigenvalue weighted by molar-refractivity contribution is -0.139. The summed E-state index contributed by atoms with van der Waals surface area (Å²) in [4.78, 5) is 11.7. The van der Waals surface area contributed by atoms with Gasteiger partial charge in [-0.15, -0.1) is 0 Å². The molecule has 0 amide bonds. The molecule has 2 nitrogen and oxygen atoms in total. The van der Waals surface area contributed by atoms with Crippen LogP contribution in [0.2, 0.25) is 0 Å². The molecule has 8 heteroatoms. The SMILES string of the molecule is C=C(C)C(=O)OCCC(C(Br)(Br)C(C)(C)CBr)C(Br)(Br)C(C)(C)CBr. The van der Waals surface area contributed by atoms with E-state index in [1.165, 1.54) is 0 Å². The fraction of sp³-hybridized carbons (Fsp3) is 0.824. The Morgan fingerprint density at radius 3 is 1.60 bits per heavy atom. The van der Waals surface area contributed by atoms with Crippen molar-refractivity contribution in [1.29, 1.82) is 0 Å². The molecule has 0 aliphatic rings. The van der Waals surface area contributed by atoms with Gasteiger partial charge in [-0.3, -0.25) is 0 Å². The monoisotopic (exact) mass is 736 g/mol. The van der Waals surface area contributed by atoms with E-state index >= 15 is 0 Å². The number of ether oxygens (including phenoxy) is 1. The largest absolute Gasteiger partial charge is 0.462 e. The van der Waals surface area contributed by atoms with Crippen molar-refractivity contribution in [2.45, 2.75) is 47.5 Å². The minimum Gasteiger partial charge on any atom is -0.462 e. The number of carbonyl (C=O) groups excluding carboxylic acids is 1. The van der Waals surface area contributed by atoms with E-state index in [-0.39, 0.29) is 22.7 Å². The van der Waals surface area contributed by atoms with Crippen molar-refractivity contribution in [1.82, 2.24) is 0 Å². The Kier molecular flexibility index (Phi) is 11.1. The van der Waals surface area contributed by atoms with Crippen LogP contribution in [0, 0.1) is 16.7 Å². The van der Waals surface area contributed by atoms with Crippen LogP contribution < -0.4 is 0 Å². The summed E-state index contributed by atoms with van der Waals surface area (Å²) in [5, 5.41) is 1.59. The molecule has 0 aromatic heterocycles. The predicted molar refractivity (Wildman–Crippen MR) is 130 cm³/mol. The maximum Gasteiger partial charge on any atom is 0.333 e. The van der Waals surface area contributed by atoms with Crippen molar-refractivity contribution >= 4 is 102 Å². The highest BCUT2D eigenvalue weighted by Crippen LogP contribution is 2.62. The molecule has 0 atom stereocenters. The molecule has 0 aromatic rings. The van der Waals surface area contributed by atoms with Crippen molar-refractivity contribution in [2.75, 3.05) is 17.3 Å². The summed E-state index contributed by atoms with van der Waals surface area (Å²) in [6.07, 6.45) is 0.652. The van der Waals surface area contributed by atoms with Gasteiger partial charge in [-0.1, -0.05) is 130 Å². The van der Waals surface area contributed by atoms with E-state index < -0.39 is 6.47 Å². The third kappa shape index (κ3) is 6.55. The smallest absolute Gasteiger partial charge is 0.333 e. The number of esters is 1. The van der Waals surface area contributed by atoms with E-state index in [4.69, 9.17) is 4.74 Å². The van der Waals surface area contributed by atoms with Crippen molar-refractivity contribution in [3.05, 3.63) is 12.2 Å². The van der Waals surface area contributed by atoms with Crippen molar-refractivity contribution in [3.63, 3.8) is 0 Å². The quantitative estimate of drug-likeness (QED) is 0.129. The second-order valence-corrected chi connectivity index (χ2v) is 15.8. The molecule has 25 heavy (non-hydrogen) atoms. The predicted octanol–water partition coefficient (Wildman–Crippen LogP) is 7.93. The maximum atomic E-state index is 11.7. The minimum atomic E-state index is -0.418. The number of carbonyl (C=O) groups is 1. The second-order valence-electron chi connectivity index (χ2n) is 7.54. The van der Waals surface area contributed by atoms with Gasteiger partial charge in [-0.05, 0) is 24.2 Å². The molecule has 0 saturated heterocycles. The zero-order chi connectivity index (χ0) is 20.3. The van der Waals surface area contributed by atoms with Gasteiger partial charge >= 0.3 is 5.97 Å². The Morgan fingerprint density at radius 1 is 0.960 bits per heavy atom. The van der Waals surface area contributed by atoms with Gasteiger partial charge in [0.15, 0.2) is 0 Å². The summed E-state index contributed by atoms with van der Waals surface area (Å²) in [7, 11) is 0. The molecule has 0 radical (unpaired) electrons. The van der Waals surface area contributed by atoms with Crippen molar-refractivity contribution < 1.29 is 9.53 Å². The summed E-state index contributed by atoms with van der Waals surface area (Å²) in [5.41, 5.74) is 0.169. The lowest BCUT2D eigenvalue weighted by atomic mass is 9.75. The second kappa shape index (κ2) is 10.2. The van der Waals surface area contributed by atoms with Crippen LogP contribution in [-0.4, -0.2) is 29.7 Å². The van der Waals surface area contributed by atoms with Crippen LogP contribution in [0.1, 0.15) is 41.0 Å². The van der Waals surface area contributed by atoms with E-state index in [0.717, 1.165) is 10.7 Å². The van der Waals surface area contributed by atoms with Crippen LogP contribution >= 0.6 is 95.6 Å². The topological polar surface area (TPSA) is 26.3 Å². The summed E-state index contributed by atoms with van der Waals surface area (Å²) < 4.78 is 4.54. The summed E-state index contributed by atoms with van der Waals surface area (Å²) in [5.74, 6) is -0.319. The van der Waals surface area contributed by atoms with Crippen LogP contribution in [-0.2, 0) is 9.53 Å². The average Bonchev–Trinajstić information content (AvgIpc) is 2.49. The first-order chi connectivity index (χ1) is 11.1. The zero-order valence-corrected chi connectivity index (χ0v) is 24.7. The average molecular weight is 742 g/mol. The summed E-state index contributed by atoms with van der Waals surface area (Å²) >= 11 is 23.0. The van der Waals surface area contributed by atoms with E-state index in [2.05, 4.69) is 130 Å². The fourth-order valence-corrected chi connectivity index (χ4v) is 8.57. The first-order valence-electron chi connectivity index (χ1n) is 7.78. The molecule has 0 aromatic carbocycles. The molecule has 0 aliphatic carbocycles. The molecule has 0 fully saturated rings. The highest BCUT2D eigenvalue weighted by molar-refractivity contribution is 9.26. The van der Waals surface area contributed by atoms with E-state index in [1.807, 2.05) is 0 Å². The Bertz CT molecular complexity index is 458. The van der Waals surface area contributed by atoms with Crippen LogP contribution in [0.15, 0.2) is 12.2 Å². The van der Waals surface area contributed by atoms with Crippen LogP contribution in [0.5, 0.6) is 0 Å². The number of rotatable bonds is 10. The van der Waals surface area contributed by atoms with Gasteiger partial charge in [0.25, 0.3) is 0 Å². The highest BCUT2D eigenvalue weighted by Gasteiger charge is 2.57. The molecule has 0 bridgehead atoms. The number of hydrogen-bond acceptors (Lipinski definition) is 2. The Morgan fingerprint density at radius 2 is 1.32 bits per heavy atom. The molecular formula is C17H26Br6O2. The van der Waals surface area contributed by atoms with Gasteiger partial charge < -0.3 is 4.74 Å². The fourth-order valence-electron chi connectivity index (χ4n) is 2.10. The van der Waals surface area contributed by atoms with E-state index in [9.17, 15) is 4.79 Å².